The van der Waals surface area contributed by atoms with Crippen LogP contribution in [0.15, 0.2) is 46.9 Å². The SMILES string of the molecule is Cc1nn(Cc2ccc(Br)cc2)c(C)c1NC(=O)Nc1ccc(F)cc1F. The summed E-state index contributed by atoms with van der Waals surface area (Å²) in [5.74, 6) is -1.55. The molecule has 0 atom stereocenters. The Balaban J connectivity index is 1.74. The molecule has 1 heterocycles. The van der Waals surface area contributed by atoms with Gasteiger partial charge in [0.25, 0.3) is 0 Å². The summed E-state index contributed by atoms with van der Waals surface area (Å²) in [7, 11) is 0. The second kappa shape index (κ2) is 7.87. The predicted octanol–water partition coefficient (Wildman–Crippen LogP) is 5.23. The molecular formula is C19H17BrF2N4O. The molecule has 0 saturated heterocycles. The molecule has 0 aliphatic heterocycles. The van der Waals surface area contributed by atoms with Gasteiger partial charge in [0.2, 0.25) is 0 Å². The third-order valence-corrected chi connectivity index (χ3v) is 4.57. The van der Waals surface area contributed by atoms with E-state index in [1.165, 1.54) is 6.07 Å². The average molecular weight is 435 g/mol. The number of halogens is 3. The molecule has 5 nitrogen and oxygen atoms in total. The lowest BCUT2D eigenvalue weighted by Crippen LogP contribution is -2.21. The van der Waals surface area contributed by atoms with Gasteiger partial charge in [-0.05, 0) is 43.7 Å². The molecule has 27 heavy (non-hydrogen) atoms. The minimum atomic E-state index is -0.843. The van der Waals surface area contributed by atoms with Gasteiger partial charge in [-0.2, -0.15) is 5.10 Å². The van der Waals surface area contributed by atoms with Gasteiger partial charge in [-0.15, -0.1) is 0 Å². The number of aryl methyl sites for hydroxylation is 1. The Hall–Kier alpha value is -2.74. The number of aromatic nitrogens is 2. The van der Waals surface area contributed by atoms with Crippen LogP contribution in [0.4, 0.5) is 25.0 Å². The van der Waals surface area contributed by atoms with Crippen LogP contribution in [0.3, 0.4) is 0 Å². The summed E-state index contributed by atoms with van der Waals surface area (Å²) in [6.07, 6.45) is 0. The Kier molecular flexibility index (Phi) is 5.55. The summed E-state index contributed by atoms with van der Waals surface area (Å²) in [5.41, 5.74) is 2.91. The van der Waals surface area contributed by atoms with Crippen LogP contribution >= 0.6 is 15.9 Å². The van der Waals surface area contributed by atoms with Crippen molar-refractivity contribution in [3.63, 3.8) is 0 Å². The van der Waals surface area contributed by atoms with Crippen molar-refractivity contribution in [3.8, 4) is 0 Å². The fourth-order valence-electron chi connectivity index (χ4n) is 2.65. The summed E-state index contributed by atoms with van der Waals surface area (Å²) in [4.78, 5) is 12.2. The summed E-state index contributed by atoms with van der Waals surface area (Å²) in [5, 5.41) is 9.51. The van der Waals surface area contributed by atoms with Crippen molar-refractivity contribution in [2.45, 2.75) is 20.4 Å². The van der Waals surface area contributed by atoms with E-state index in [0.717, 1.165) is 21.8 Å². The molecule has 3 rings (SSSR count). The van der Waals surface area contributed by atoms with E-state index in [9.17, 15) is 13.6 Å². The molecule has 140 valence electrons. The number of hydrogen-bond donors (Lipinski definition) is 2. The number of carbonyl (C=O) groups is 1. The molecule has 2 N–H and O–H groups in total. The van der Waals surface area contributed by atoms with Crippen LogP contribution in [0.2, 0.25) is 0 Å². The van der Waals surface area contributed by atoms with Gasteiger partial charge in [0, 0.05) is 10.5 Å². The van der Waals surface area contributed by atoms with Gasteiger partial charge in [0.15, 0.2) is 0 Å². The Bertz CT molecular complexity index is 986. The van der Waals surface area contributed by atoms with E-state index in [-0.39, 0.29) is 5.69 Å². The number of benzene rings is 2. The van der Waals surface area contributed by atoms with Crippen LogP contribution in [0.25, 0.3) is 0 Å². The molecular weight excluding hydrogens is 418 g/mol. The topological polar surface area (TPSA) is 59.0 Å². The van der Waals surface area contributed by atoms with Crippen LogP contribution in [0, 0.1) is 25.5 Å². The number of carbonyl (C=O) groups excluding carboxylic acids is 1. The third kappa shape index (κ3) is 4.51. The zero-order valence-corrected chi connectivity index (χ0v) is 16.3. The number of nitrogens with one attached hydrogen (secondary N) is 2. The molecule has 1 aromatic heterocycles. The minimum absolute atomic E-state index is 0.105. The zero-order valence-electron chi connectivity index (χ0n) is 14.7. The molecule has 0 spiro atoms. The van der Waals surface area contributed by atoms with Gasteiger partial charge in [0.1, 0.15) is 11.6 Å². The van der Waals surface area contributed by atoms with Gasteiger partial charge in [-0.3, -0.25) is 4.68 Å². The van der Waals surface area contributed by atoms with E-state index in [1.807, 2.05) is 31.2 Å². The monoisotopic (exact) mass is 434 g/mol. The maximum Gasteiger partial charge on any atom is 0.323 e. The van der Waals surface area contributed by atoms with E-state index in [2.05, 4.69) is 31.7 Å². The van der Waals surface area contributed by atoms with Crippen LogP contribution in [0.1, 0.15) is 17.0 Å². The Morgan fingerprint density at radius 1 is 1.11 bits per heavy atom. The van der Waals surface area contributed by atoms with E-state index < -0.39 is 17.7 Å². The number of hydrogen-bond acceptors (Lipinski definition) is 2. The van der Waals surface area contributed by atoms with E-state index >= 15 is 0 Å². The fourth-order valence-corrected chi connectivity index (χ4v) is 2.92. The van der Waals surface area contributed by atoms with Gasteiger partial charge < -0.3 is 10.6 Å². The first-order valence-corrected chi connectivity index (χ1v) is 8.94. The van der Waals surface area contributed by atoms with Crippen molar-refractivity contribution in [1.82, 2.24) is 9.78 Å². The smallest absolute Gasteiger partial charge is 0.305 e. The summed E-state index contributed by atoms with van der Waals surface area (Å²) >= 11 is 3.40. The molecule has 0 aliphatic rings. The molecule has 2 aromatic carbocycles. The number of anilines is 2. The second-order valence-electron chi connectivity index (χ2n) is 6.03. The highest BCUT2D eigenvalue weighted by Gasteiger charge is 2.15. The first-order valence-electron chi connectivity index (χ1n) is 8.15. The van der Waals surface area contributed by atoms with Gasteiger partial charge >= 0.3 is 6.03 Å². The van der Waals surface area contributed by atoms with Crippen molar-refractivity contribution in [3.05, 3.63) is 75.5 Å². The second-order valence-corrected chi connectivity index (χ2v) is 6.95. The quantitative estimate of drug-likeness (QED) is 0.590. The summed E-state index contributed by atoms with van der Waals surface area (Å²) in [6.45, 7) is 4.17. The van der Waals surface area contributed by atoms with Crippen molar-refractivity contribution >= 4 is 33.3 Å². The predicted molar refractivity (Wildman–Crippen MR) is 104 cm³/mol. The molecule has 0 fully saturated rings. The van der Waals surface area contributed by atoms with Crippen molar-refractivity contribution in [2.24, 2.45) is 0 Å². The highest BCUT2D eigenvalue weighted by molar-refractivity contribution is 9.10. The van der Waals surface area contributed by atoms with E-state index in [1.54, 1.807) is 11.6 Å². The van der Waals surface area contributed by atoms with Crippen molar-refractivity contribution < 1.29 is 13.6 Å². The van der Waals surface area contributed by atoms with E-state index in [0.29, 0.717) is 24.0 Å². The Labute approximate surface area is 163 Å². The first-order chi connectivity index (χ1) is 12.8. The first kappa shape index (κ1) is 19.0. The lowest BCUT2D eigenvalue weighted by atomic mass is 10.2. The molecule has 8 heteroatoms. The molecule has 0 bridgehead atoms. The number of amides is 2. The Morgan fingerprint density at radius 2 is 1.81 bits per heavy atom. The molecule has 0 aliphatic carbocycles. The van der Waals surface area contributed by atoms with Crippen LogP contribution in [0.5, 0.6) is 0 Å². The van der Waals surface area contributed by atoms with Gasteiger partial charge in [-0.25, -0.2) is 13.6 Å². The minimum Gasteiger partial charge on any atom is -0.305 e. The largest absolute Gasteiger partial charge is 0.323 e. The standard InChI is InChI=1S/C19H17BrF2N4O/c1-11-18(24-19(27)23-17-8-7-15(21)9-16(17)22)12(2)26(25-11)10-13-3-5-14(20)6-4-13/h3-9H,10H2,1-2H3,(H2,23,24,27). The molecule has 0 radical (unpaired) electrons. The molecule has 2 amide bonds. The fraction of sp³-hybridized carbons (Fsp3) is 0.158. The van der Waals surface area contributed by atoms with Crippen LogP contribution in [-0.4, -0.2) is 15.8 Å². The van der Waals surface area contributed by atoms with Crippen molar-refractivity contribution in [2.75, 3.05) is 10.6 Å². The number of urea groups is 1. The van der Waals surface area contributed by atoms with Crippen LogP contribution in [-0.2, 0) is 6.54 Å². The molecule has 3 aromatic rings. The molecule has 0 saturated carbocycles. The highest BCUT2D eigenvalue weighted by Crippen LogP contribution is 2.22. The lowest BCUT2D eigenvalue weighted by molar-refractivity contribution is 0.262. The average Bonchev–Trinajstić information content (AvgIpc) is 2.87. The zero-order chi connectivity index (χ0) is 19.6. The Morgan fingerprint density at radius 3 is 2.48 bits per heavy atom. The maximum atomic E-state index is 13.7. The lowest BCUT2D eigenvalue weighted by Gasteiger charge is -2.09. The van der Waals surface area contributed by atoms with Gasteiger partial charge in [0.05, 0.1) is 29.3 Å². The highest BCUT2D eigenvalue weighted by atomic mass is 79.9. The number of nitrogens with zero attached hydrogens (tertiary/aromatic N) is 2. The van der Waals surface area contributed by atoms with Crippen molar-refractivity contribution in [1.29, 1.82) is 0 Å². The third-order valence-electron chi connectivity index (χ3n) is 4.04. The van der Waals surface area contributed by atoms with E-state index in [4.69, 9.17) is 0 Å². The summed E-state index contributed by atoms with van der Waals surface area (Å²) < 4.78 is 29.4. The number of rotatable bonds is 4. The molecule has 0 unspecified atom stereocenters. The van der Waals surface area contributed by atoms with Crippen LogP contribution < -0.4 is 10.6 Å². The summed E-state index contributed by atoms with van der Waals surface area (Å²) in [6, 6.07) is 10.2. The normalized spacial score (nSPS) is 10.7. The maximum absolute atomic E-state index is 13.7. The van der Waals surface area contributed by atoms with Gasteiger partial charge in [-0.1, -0.05) is 28.1 Å².